The van der Waals surface area contributed by atoms with Gasteiger partial charge in [0.05, 0.1) is 0 Å². The van der Waals surface area contributed by atoms with Crippen molar-refractivity contribution in [2.45, 2.75) is 118 Å². The maximum Gasteiger partial charge on any atom is -0.0414 e. The molecule has 0 fully saturated rings. The van der Waals surface area contributed by atoms with Crippen LogP contribution < -0.4 is 0 Å². The first-order valence-corrected chi connectivity index (χ1v) is 9.74. The molecule has 0 spiro atoms. The lowest BCUT2D eigenvalue weighted by molar-refractivity contribution is 0.330. The monoisotopic (exact) mass is 282 g/mol. The van der Waals surface area contributed by atoms with Crippen molar-refractivity contribution < 1.29 is 0 Å². The summed E-state index contributed by atoms with van der Waals surface area (Å²) < 4.78 is 0. The van der Waals surface area contributed by atoms with Crippen molar-refractivity contribution in [1.82, 2.24) is 0 Å². The van der Waals surface area contributed by atoms with E-state index in [2.05, 4.69) is 27.7 Å². The minimum absolute atomic E-state index is 0.955. The van der Waals surface area contributed by atoms with Crippen molar-refractivity contribution >= 4 is 0 Å². The van der Waals surface area contributed by atoms with Crippen LogP contribution in [0.15, 0.2) is 0 Å². The van der Waals surface area contributed by atoms with Gasteiger partial charge in [0.25, 0.3) is 0 Å². The van der Waals surface area contributed by atoms with Crippen LogP contribution in [-0.4, -0.2) is 0 Å². The van der Waals surface area contributed by atoms with E-state index in [1.54, 1.807) is 0 Å². The summed E-state index contributed by atoms with van der Waals surface area (Å²) in [6.07, 6.45) is 20.2. The molecule has 0 aromatic heterocycles. The standard InChI is InChI=1S/C20H42/c1-5-8-10-12-13-15-17-20(7-3)18-19(4)16-14-11-9-6-2/h19-20H,5-18H2,1-4H3. The van der Waals surface area contributed by atoms with Gasteiger partial charge in [-0.3, -0.25) is 0 Å². The molecule has 0 aromatic carbocycles. The first-order valence-electron chi connectivity index (χ1n) is 9.74. The van der Waals surface area contributed by atoms with Gasteiger partial charge in [0.1, 0.15) is 0 Å². The maximum atomic E-state index is 2.48. The van der Waals surface area contributed by atoms with E-state index in [1.165, 1.54) is 89.9 Å². The third-order valence-electron chi connectivity index (χ3n) is 4.83. The van der Waals surface area contributed by atoms with Crippen LogP contribution in [0.5, 0.6) is 0 Å². The number of hydrogen-bond donors (Lipinski definition) is 0. The first-order chi connectivity index (χ1) is 9.74. The van der Waals surface area contributed by atoms with Crippen LogP contribution >= 0.6 is 0 Å². The maximum absolute atomic E-state index is 2.48. The van der Waals surface area contributed by atoms with Crippen LogP contribution in [0.3, 0.4) is 0 Å². The highest BCUT2D eigenvalue weighted by atomic mass is 14.2. The van der Waals surface area contributed by atoms with Crippen LogP contribution in [0.4, 0.5) is 0 Å². The first kappa shape index (κ1) is 20.0. The topological polar surface area (TPSA) is 0 Å². The van der Waals surface area contributed by atoms with Gasteiger partial charge in [0, 0.05) is 0 Å². The van der Waals surface area contributed by atoms with Crippen LogP contribution in [-0.2, 0) is 0 Å². The zero-order valence-corrected chi connectivity index (χ0v) is 15.1. The van der Waals surface area contributed by atoms with Crippen molar-refractivity contribution in [3.8, 4) is 0 Å². The van der Waals surface area contributed by atoms with Gasteiger partial charge in [-0.1, -0.05) is 111 Å². The van der Waals surface area contributed by atoms with Crippen molar-refractivity contribution in [2.75, 3.05) is 0 Å². The second-order valence-corrected chi connectivity index (χ2v) is 7.02. The number of hydrogen-bond acceptors (Lipinski definition) is 0. The molecule has 0 N–H and O–H groups in total. The van der Waals surface area contributed by atoms with Crippen molar-refractivity contribution in [2.24, 2.45) is 11.8 Å². The molecular weight excluding hydrogens is 240 g/mol. The summed E-state index contributed by atoms with van der Waals surface area (Å²) in [6.45, 7) is 9.48. The summed E-state index contributed by atoms with van der Waals surface area (Å²) in [4.78, 5) is 0. The highest BCUT2D eigenvalue weighted by molar-refractivity contribution is 4.63. The van der Waals surface area contributed by atoms with E-state index in [1.807, 2.05) is 0 Å². The van der Waals surface area contributed by atoms with Gasteiger partial charge in [-0.05, 0) is 18.3 Å². The van der Waals surface area contributed by atoms with Gasteiger partial charge in [-0.15, -0.1) is 0 Å². The molecule has 0 aromatic rings. The molecule has 0 aliphatic carbocycles. The molecule has 0 heteroatoms. The van der Waals surface area contributed by atoms with Crippen LogP contribution in [0.1, 0.15) is 118 Å². The molecular formula is C20H42. The van der Waals surface area contributed by atoms with E-state index < -0.39 is 0 Å². The summed E-state index contributed by atoms with van der Waals surface area (Å²) in [5.41, 5.74) is 0. The Morgan fingerprint density at radius 1 is 0.600 bits per heavy atom. The average molecular weight is 283 g/mol. The highest BCUT2D eigenvalue weighted by Crippen LogP contribution is 2.25. The highest BCUT2D eigenvalue weighted by Gasteiger charge is 2.11. The van der Waals surface area contributed by atoms with E-state index in [0.717, 1.165) is 11.8 Å². The molecule has 0 rings (SSSR count). The van der Waals surface area contributed by atoms with Crippen molar-refractivity contribution in [3.05, 3.63) is 0 Å². The van der Waals surface area contributed by atoms with Gasteiger partial charge in [-0.2, -0.15) is 0 Å². The number of rotatable bonds is 15. The molecule has 0 nitrogen and oxygen atoms in total. The molecule has 0 aliphatic rings. The molecule has 0 amide bonds. The van der Waals surface area contributed by atoms with E-state index in [0.29, 0.717) is 0 Å². The Hall–Kier alpha value is 0. The van der Waals surface area contributed by atoms with Crippen molar-refractivity contribution in [3.63, 3.8) is 0 Å². The smallest absolute Gasteiger partial charge is 0.0414 e. The van der Waals surface area contributed by atoms with Gasteiger partial charge in [0.15, 0.2) is 0 Å². The normalized spacial score (nSPS) is 14.4. The second-order valence-electron chi connectivity index (χ2n) is 7.02. The Labute approximate surface area is 130 Å². The van der Waals surface area contributed by atoms with E-state index in [-0.39, 0.29) is 0 Å². The van der Waals surface area contributed by atoms with Gasteiger partial charge in [0.2, 0.25) is 0 Å². The summed E-state index contributed by atoms with van der Waals surface area (Å²) in [6, 6.07) is 0. The Kier molecular flexibility index (Phi) is 15.4. The quantitative estimate of drug-likeness (QED) is 0.269. The van der Waals surface area contributed by atoms with Gasteiger partial charge < -0.3 is 0 Å². The summed E-state index contributed by atoms with van der Waals surface area (Å²) in [5, 5.41) is 0. The second kappa shape index (κ2) is 15.4. The fraction of sp³-hybridized carbons (Fsp3) is 1.00. The minimum atomic E-state index is 0.955. The van der Waals surface area contributed by atoms with E-state index in [9.17, 15) is 0 Å². The average Bonchev–Trinajstić information content (AvgIpc) is 2.46. The molecule has 0 radical (unpaired) electrons. The third kappa shape index (κ3) is 13.0. The third-order valence-corrected chi connectivity index (χ3v) is 4.83. The lowest BCUT2D eigenvalue weighted by Gasteiger charge is -2.19. The summed E-state index contributed by atoms with van der Waals surface area (Å²) in [7, 11) is 0. The fourth-order valence-corrected chi connectivity index (χ4v) is 3.31. The molecule has 20 heavy (non-hydrogen) atoms. The van der Waals surface area contributed by atoms with E-state index >= 15 is 0 Å². The molecule has 2 unspecified atom stereocenters. The summed E-state index contributed by atoms with van der Waals surface area (Å²) in [5.74, 6) is 1.96. The molecule has 0 saturated heterocycles. The summed E-state index contributed by atoms with van der Waals surface area (Å²) >= 11 is 0. The Morgan fingerprint density at radius 2 is 1.10 bits per heavy atom. The van der Waals surface area contributed by atoms with Gasteiger partial charge >= 0.3 is 0 Å². The predicted octanol–water partition coefficient (Wildman–Crippen LogP) is 7.76. The molecule has 0 saturated carbocycles. The Bertz CT molecular complexity index is 173. The molecule has 2 atom stereocenters. The van der Waals surface area contributed by atoms with E-state index in [4.69, 9.17) is 0 Å². The minimum Gasteiger partial charge on any atom is -0.0654 e. The molecule has 0 heterocycles. The molecule has 122 valence electrons. The number of unbranched alkanes of at least 4 members (excludes halogenated alkanes) is 8. The largest absolute Gasteiger partial charge is 0.0654 e. The lowest BCUT2D eigenvalue weighted by atomic mass is 9.87. The van der Waals surface area contributed by atoms with Crippen LogP contribution in [0.25, 0.3) is 0 Å². The SMILES string of the molecule is CCCCCCCCC(CC)CC(C)CCCCCC. The van der Waals surface area contributed by atoms with Gasteiger partial charge in [-0.25, -0.2) is 0 Å². The molecule has 0 bridgehead atoms. The lowest BCUT2D eigenvalue weighted by Crippen LogP contribution is -2.06. The van der Waals surface area contributed by atoms with Crippen LogP contribution in [0.2, 0.25) is 0 Å². The zero-order valence-electron chi connectivity index (χ0n) is 15.1. The molecule has 0 aliphatic heterocycles. The van der Waals surface area contributed by atoms with Crippen molar-refractivity contribution in [1.29, 1.82) is 0 Å². The Morgan fingerprint density at radius 3 is 1.70 bits per heavy atom. The zero-order chi connectivity index (χ0) is 15.1. The van der Waals surface area contributed by atoms with Crippen LogP contribution in [0, 0.1) is 11.8 Å². The predicted molar refractivity (Wildman–Crippen MR) is 94.3 cm³/mol. The Balaban J connectivity index is 3.53. The fourth-order valence-electron chi connectivity index (χ4n) is 3.31.